The monoisotopic (exact) mass is 1350 g/mol. The highest BCUT2D eigenvalue weighted by atomic mass is 28.3. The van der Waals surface area contributed by atoms with Crippen molar-refractivity contribution in [1.29, 1.82) is 0 Å². The lowest BCUT2D eigenvalue weighted by atomic mass is 9.33. The molecule has 0 N–H and O–H groups in total. The highest BCUT2D eigenvalue weighted by Gasteiger charge is 2.50. The van der Waals surface area contributed by atoms with Crippen LogP contribution in [0, 0.1) is 0 Å². The van der Waals surface area contributed by atoms with E-state index in [1.165, 1.54) is 102 Å². The van der Waals surface area contributed by atoms with Gasteiger partial charge < -0.3 is 9.80 Å². The molecule has 2 aliphatic rings. The van der Waals surface area contributed by atoms with E-state index in [9.17, 15) is 0 Å². The van der Waals surface area contributed by atoms with E-state index in [0.717, 1.165) is 45.3 Å². The smallest absolute Gasteiger partial charge is 0.252 e. The normalized spacial score (nSPS) is 12.7. The predicted octanol–water partition coefficient (Wildman–Crippen LogP) is 17.8. The highest BCUT2D eigenvalue weighted by Crippen LogP contribution is 2.47. The molecular formula is C98H81BN2Si2. The minimum Gasteiger partial charge on any atom is -0.311 e. The molecule has 15 aromatic carbocycles. The summed E-state index contributed by atoms with van der Waals surface area (Å²) in [5, 5.41) is 10.6. The van der Waals surface area contributed by atoms with Crippen LogP contribution in [0.1, 0.15) is 52.7 Å². The van der Waals surface area contributed by atoms with E-state index in [2.05, 4.69) is 434 Å². The van der Waals surface area contributed by atoms with Crippen LogP contribution in [0.5, 0.6) is 0 Å². The number of para-hydroxylation sites is 2. The van der Waals surface area contributed by atoms with Crippen molar-refractivity contribution in [3.8, 4) is 44.5 Å². The number of nitrogens with zero attached hydrogens (tertiary/aromatic N) is 2. The zero-order valence-electron chi connectivity index (χ0n) is 59.3. The fourth-order valence-corrected chi connectivity index (χ4v) is 27.0. The summed E-state index contributed by atoms with van der Waals surface area (Å²) in [6, 6.07) is 146. The zero-order valence-corrected chi connectivity index (χ0v) is 61.3. The molecule has 0 atom stereocenters. The third-order valence-electron chi connectivity index (χ3n) is 21.9. The van der Waals surface area contributed by atoms with Gasteiger partial charge in [-0.15, -0.1) is 0 Å². The quantitative estimate of drug-likeness (QED) is 0.0791. The van der Waals surface area contributed by atoms with Crippen molar-refractivity contribution in [3.05, 3.63) is 393 Å². The van der Waals surface area contributed by atoms with Crippen molar-refractivity contribution >= 4 is 115 Å². The summed E-state index contributed by atoms with van der Waals surface area (Å²) < 4.78 is 0. The van der Waals surface area contributed by atoms with Crippen molar-refractivity contribution in [2.24, 2.45) is 0 Å². The van der Waals surface area contributed by atoms with Gasteiger partial charge in [-0.2, -0.15) is 0 Å². The van der Waals surface area contributed by atoms with Gasteiger partial charge in [-0.05, 0) is 161 Å². The average molecular weight is 1350 g/mol. The van der Waals surface area contributed by atoms with Gasteiger partial charge in [0.25, 0.3) is 6.71 Å². The minimum absolute atomic E-state index is 0.0242. The van der Waals surface area contributed by atoms with Gasteiger partial charge >= 0.3 is 0 Å². The van der Waals surface area contributed by atoms with E-state index in [1.807, 2.05) is 0 Å². The first-order valence-electron chi connectivity index (χ1n) is 36.3. The van der Waals surface area contributed by atoms with Crippen LogP contribution in [0.25, 0.3) is 44.5 Å². The van der Waals surface area contributed by atoms with Gasteiger partial charge in [-0.3, -0.25) is 0 Å². The Morgan fingerprint density at radius 2 is 0.476 bits per heavy atom. The SMILES string of the molecule is CC(C)(C)c1ccc(-c2ccccc2-c2ccc3c(c2)N(c2ccccc2[Si](c2ccccc2)(c2ccccc2)c2ccccc2)c2cccc4c2B3c2ccc(-c3ccccc3-c3ccc(C(C)(C)C)cc3)cc2N4c2ccccc2[Si](c2ccccc2)(c2ccccc2)c2ccccc2)cc1. The van der Waals surface area contributed by atoms with Crippen LogP contribution < -0.4 is 67.7 Å². The lowest BCUT2D eigenvalue weighted by Gasteiger charge is -2.46. The Bertz CT molecular complexity index is 5040. The van der Waals surface area contributed by atoms with Crippen LogP contribution in [0.15, 0.2) is 382 Å². The summed E-state index contributed by atoms with van der Waals surface area (Å²) >= 11 is 0. The molecule has 17 rings (SSSR count). The molecule has 0 fully saturated rings. The molecule has 0 bridgehead atoms. The van der Waals surface area contributed by atoms with Crippen LogP contribution in [0.2, 0.25) is 0 Å². The van der Waals surface area contributed by atoms with Crippen molar-refractivity contribution in [2.45, 2.75) is 52.4 Å². The molecule has 2 nitrogen and oxygen atoms in total. The first-order valence-corrected chi connectivity index (χ1v) is 40.3. The van der Waals surface area contributed by atoms with Crippen LogP contribution >= 0.6 is 0 Å². The second kappa shape index (κ2) is 26.4. The highest BCUT2D eigenvalue weighted by molar-refractivity contribution is 7.21. The van der Waals surface area contributed by atoms with E-state index in [-0.39, 0.29) is 17.5 Å². The van der Waals surface area contributed by atoms with Crippen LogP contribution in [-0.4, -0.2) is 22.9 Å². The molecule has 0 radical (unpaired) electrons. The fraction of sp³-hybridized carbons (Fsp3) is 0.0816. The maximum Gasteiger partial charge on any atom is 0.252 e. The number of benzene rings is 15. The molecule has 0 aliphatic carbocycles. The molecule has 494 valence electrons. The Hall–Kier alpha value is -11.6. The van der Waals surface area contributed by atoms with Crippen molar-refractivity contribution in [3.63, 3.8) is 0 Å². The molecule has 103 heavy (non-hydrogen) atoms. The summed E-state index contributed by atoms with van der Waals surface area (Å²) in [6.45, 7) is 13.6. The maximum atomic E-state index is 2.70. The first kappa shape index (κ1) is 64.8. The minimum atomic E-state index is -3.22. The fourth-order valence-electron chi connectivity index (χ4n) is 17.1. The van der Waals surface area contributed by atoms with E-state index in [0.29, 0.717) is 0 Å². The largest absolute Gasteiger partial charge is 0.311 e. The molecule has 0 spiro atoms. The second-order valence-corrected chi connectivity index (χ2v) is 37.4. The molecule has 0 unspecified atom stereocenters. The van der Waals surface area contributed by atoms with Gasteiger partial charge in [0.1, 0.15) is 0 Å². The van der Waals surface area contributed by atoms with Gasteiger partial charge in [0.05, 0.1) is 0 Å². The van der Waals surface area contributed by atoms with Crippen molar-refractivity contribution in [2.75, 3.05) is 9.80 Å². The van der Waals surface area contributed by atoms with Crippen LogP contribution in [0.4, 0.5) is 34.1 Å². The average Bonchev–Trinajstić information content (AvgIpc) is 0.690. The van der Waals surface area contributed by atoms with Crippen molar-refractivity contribution in [1.82, 2.24) is 0 Å². The van der Waals surface area contributed by atoms with Gasteiger partial charge in [0.2, 0.25) is 0 Å². The predicted molar refractivity (Wildman–Crippen MR) is 447 cm³/mol. The number of fused-ring (bicyclic) bond motifs is 4. The third kappa shape index (κ3) is 11.1. The molecule has 0 saturated carbocycles. The van der Waals surface area contributed by atoms with E-state index in [1.54, 1.807) is 0 Å². The number of hydrogen-bond acceptors (Lipinski definition) is 2. The maximum absolute atomic E-state index is 3.22. The summed E-state index contributed by atoms with van der Waals surface area (Å²) in [7, 11) is -6.44. The van der Waals surface area contributed by atoms with E-state index >= 15 is 0 Å². The molecule has 5 heteroatoms. The molecule has 0 aromatic heterocycles. The lowest BCUT2D eigenvalue weighted by Crippen LogP contribution is -2.75. The molecule has 15 aromatic rings. The van der Waals surface area contributed by atoms with Gasteiger partial charge in [0.15, 0.2) is 16.1 Å². The number of rotatable bonds is 14. The third-order valence-corrected chi connectivity index (χ3v) is 31.6. The molecule has 2 aliphatic heterocycles. The molecule has 2 heterocycles. The summed E-state index contributed by atoms with van der Waals surface area (Å²) in [4.78, 5) is 5.39. The zero-order chi connectivity index (χ0) is 69.9. The standard InChI is InChI=1S/C98H81BN2Si2/c1-97(2,3)74-62-56-70(57-63-74)82-46-25-27-48-84(82)72-60-66-86-92(68-72)100(88-50-29-31-54-94(88)102(76-34-13-7-14-35-76,77-36-15-8-16-37-77)78-38-17-9-18-39-78)90-52-33-53-91-96(90)99(86)87-67-61-73(85-49-28-26-47-83(85)71-58-64-75(65-59-71)98(4,5)6)69-93(87)101(91)89-51-30-32-55-95(89)103(79-40-19-10-20-41-79,80-42-21-11-22-43-80)81-44-23-12-24-45-81/h7-69H,1-6H3. The lowest BCUT2D eigenvalue weighted by molar-refractivity contribution is 0.590. The molecule has 0 saturated heterocycles. The molecule has 0 amide bonds. The van der Waals surface area contributed by atoms with Crippen molar-refractivity contribution < 1.29 is 0 Å². The Labute approximate surface area is 610 Å². The Morgan fingerprint density at radius 3 is 0.777 bits per heavy atom. The second-order valence-electron chi connectivity index (χ2n) is 29.8. The number of hydrogen-bond donors (Lipinski definition) is 0. The van der Waals surface area contributed by atoms with Gasteiger partial charge in [-0.25, -0.2) is 0 Å². The van der Waals surface area contributed by atoms with E-state index in [4.69, 9.17) is 0 Å². The molecular weight excluding hydrogens is 1270 g/mol. The topological polar surface area (TPSA) is 6.48 Å². The Kier molecular flexibility index (Phi) is 16.6. The number of anilines is 6. The van der Waals surface area contributed by atoms with E-state index < -0.39 is 16.1 Å². The Balaban J connectivity index is 0.979. The summed E-state index contributed by atoms with van der Waals surface area (Å²) in [6.07, 6.45) is 0. The van der Waals surface area contributed by atoms with Gasteiger partial charge in [-0.1, -0.05) is 387 Å². The van der Waals surface area contributed by atoms with Crippen LogP contribution in [0.3, 0.4) is 0 Å². The van der Waals surface area contributed by atoms with Crippen LogP contribution in [-0.2, 0) is 10.8 Å². The summed E-state index contributed by atoms with van der Waals surface area (Å²) in [5.41, 5.74) is 22.9. The summed E-state index contributed by atoms with van der Waals surface area (Å²) in [5.74, 6) is 0. The first-order chi connectivity index (χ1) is 50.4. The Morgan fingerprint density at radius 1 is 0.223 bits per heavy atom. The van der Waals surface area contributed by atoms with Gasteiger partial charge in [0, 0.05) is 34.1 Å².